The van der Waals surface area contributed by atoms with Crippen LogP contribution in [0.2, 0.25) is 13.1 Å². The van der Waals surface area contributed by atoms with Crippen molar-refractivity contribution in [2.45, 2.75) is 66.1 Å². The second kappa shape index (κ2) is 9.68. The number of hydrogen-bond donors (Lipinski definition) is 0. The van der Waals surface area contributed by atoms with E-state index in [0.29, 0.717) is 0 Å². The molecule has 0 fully saturated rings. The molecule has 1 rings (SSSR count). The van der Waals surface area contributed by atoms with Crippen molar-refractivity contribution in [1.29, 1.82) is 0 Å². The van der Waals surface area contributed by atoms with Crippen molar-refractivity contribution in [3.8, 4) is 0 Å². The molecule has 0 bridgehead atoms. The van der Waals surface area contributed by atoms with E-state index in [1.807, 2.05) is 0 Å². The summed E-state index contributed by atoms with van der Waals surface area (Å²) >= 11 is 0. The largest absolute Gasteiger partial charge is 1.00 e. The Morgan fingerprint density at radius 2 is 1.68 bits per heavy atom. The van der Waals surface area contributed by atoms with Gasteiger partial charge >= 0.3 is 0 Å². The second-order valence-electron chi connectivity index (χ2n) is 6.11. The SMILES string of the molecule is CCC1=C(C)CC(N([SiH](C)C)C(C)(C)C)=C1.[Cl-].[Cl-].[Ti]. The topological polar surface area (TPSA) is 3.24 Å². The number of nitrogens with zero attached hydrogens (tertiary/aromatic N) is 1. The van der Waals surface area contributed by atoms with E-state index in [1.165, 1.54) is 12.8 Å². The van der Waals surface area contributed by atoms with Crippen molar-refractivity contribution in [2.75, 3.05) is 0 Å². The standard InChI is InChI=1S/C14H27NSi.2ClH.Ti/c1-8-12-10-13(9-11(12)2)15(16(6)7)14(3,4)5;;;/h10,16H,8-9H2,1-7H3;2*1H;/p-2. The van der Waals surface area contributed by atoms with E-state index in [4.69, 9.17) is 0 Å². The van der Waals surface area contributed by atoms with Gasteiger partial charge in [0.25, 0.3) is 0 Å². The number of rotatable bonds is 3. The van der Waals surface area contributed by atoms with Crippen LogP contribution in [0.15, 0.2) is 22.9 Å². The van der Waals surface area contributed by atoms with E-state index in [0.717, 1.165) is 0 Å². The maximum atomic E-state index is 2.69. The van der Waals surface area contributed by atoms with Crippen LogP contribution >= 0.6 is 0 Å². The van der Waals surface area contributed by atoms with Crippen LogP contribution < -0.4 is 24.8 Å². The van der Waals surface area contributed by atoms with Gasteiger partial charge in [-0.2, -0.15) is 0 Å². The van der Waals surface area contributed by atoms with Crippen molar-refractivity contribution in [2.24, 2.45) is 0 Å². The first-order valence-electron chi connectivity index (χ1n) is 6.46. The van der Waals surface area contributed by atoms with Crippen molar-refractivity contribution in [1.82, 2.24) is 4.57 Å². The monoisotopic (exact) mass is 355 g/mol. The third-order valence-electron chi connectivity index (χ3n) is 3.26. The van der Waals surface area contributed by atoms with Crippen LogP contribution in [0.4, 0.5) is 0 Å². The van der Waals surface area contributed by atoms with Gasteiger partial charge in [0.1, 0.15) is 8.96 Å². The van der Waals surface area contributed by atoms with Gasteiger partial charge in [0, 0.05) is 39.4 Å². The van der Waals surface area contributed by atoms with E-state index in [9.17, 15) is 0 Å². The Balaban J connectivity index is -0.000000853. The smallest absolute Gasteiger partial charge is 0.134 e. The molecule has 0 atom stereocenters. The van der Waals surface area contributed by atoms with Gasteiger partial charge < -0.3 is 29.4 Å². The minimum Gasteiger partial charge on any atom is -1.00 e. The van der Waals surface area contributed by atoms with Crippen LogP contribution in [0.3, 0.4) is 0 Å². The summed E-state index contributed by atoms with van der Waals surface area (Å²) in [7, 11) is -0.791. The molecule has 0 unspecified atom stereocenters. The first-order chi connectivity index (χ1) is 7.27. The van der Waals surface area contributed by atoms with Crippen LogP contribution in [0.1, 0.15) is 47.5 Å². The molecule has 0 radical (unpaired) electrons. The molecule has 1 aliphatic carbocycles. The Hall–Kier alpha value is 0.791. The molecule has 0 aromatic carbocycles. The summed E-state index contributed by atoms with van der Waals surface area (Å²) in [4.78, 5) is 0. The summed E-state index contributed by atoms with van der Waals surface area (Å²) in [5.41, 5.74) is 4.96. The Labute approximate surface area is 148 Å². The maximum Gasteiger partial charge on any atom is 0.134 e. The number of allylic oxidation sites excluding steroid dienone is 3. The summed E-state index contributed by atoms with van der Waals surface area (Å²) < 4.78 is 2.69. The molecule has 0 heterocycles. The quantitative estimate of drug-likeness (QED) is 0.534. The molecule has 112 valence electrons. The summed E-state index contributed by atoms with van der Waals surface area (Å²) in [5, 5.41) is 0. The Morgan fingerprint density at radius 1 is 1.21 bits per heavy atom. The van der Waals surface area contributed by atoms with E-state index in [1.54, 1.807) is 16.8 Å². The molecule has 0 aromatic heterocycles. The predicted octanol–water partition coefficient (Wildman–Crippen LogP) is -1.91. The summed E-state index contributed by atoms with van der Waals surface area (Å²) in [6, 6.07) is 0. The average molecular weight is 356 g/mol. The molecule has 5 heteroatoms. The molecule has 1 aliphatic rings. The molecule has 0 aromatic rings. The molecular weight excluding hydrogens is 329 g/mol. The van der Waals surface area contributed by atoms with Crippen molar-refractivity contribution >= 4 is 8.96 Å². The zero-order chi connectivity index (χ0) is 12.5. The molecule has 0 spiro atoms. The number of halogens is 2. The van der Waals surface area contributed by atoms with Crippen LogP contribution in [0.5, 0.6) is 0 Å². The summed E-state index contributed by atoms with van der Waals surface area (Å²) in [6.07, 6.45) is 4.78. The summed E-state index contributed by atoms with van der Waals surface area (Å²) in [5.74, 6) is 0. The van der Waals surface area contributed by atoms with Crippen molar-refractivity contribution in [3.63, 3.8) is 0 Å². The van der Waals surface area contributed by atoms with Gasteiger partial charge in [-0.05, 0) is 45.8 Å². The van der Waals surface area contributed by atoms with E-state index in [-0.39, 0.29) is 52.1 Å². The first-order valence-corrected chi connectivity index (χ1v) is 9.28. The van der Waals surface area contributed by atoms with Gasteiger partial charge in [-0.25, -0.2) is 0 Å². The minimum atomic E-state index is -0.791. The van der Waals surface area contributed by atoms with Gasteiger partial charge in [-0.15, -0.1) is 0 Å². The maximum absolute atomic E-state index is 2.69. The number of hydrogen-bond acceptors (Lipinski definition) is 1. The predicted molar refractivity (Wildman–Crippen MR) is 76.2 cm³/mol. The third-order valence-corrected chi connectivity index (χ3v) is 5.40. The molecular formula is C14H27Cl2NSiTi-2. The van der Waals surface area contributed by atoms with Crippen molar-refractivity contribution in [3.05, 3.63) is 22.9 Å². The molecule has 0 N–H and O–H groups in total. The zero-order valence-corrected chi connectivity index (χ0v) is 17.5. The second-order valence-corrected chi connectivity index (χ2v) is 8.81. The van der Waals surface area contributed by atoms with Gasteiger partial charge in [-0.3, -0.25) is 0 Å². The third kappa shape index (κ3) is 6.39. The molecule has 0 amide bonds. The van der Waals surface area contributed by atoms with E-state index in [2.05, 4.69) is 58.4 Å². The summed E-state index contributed by atoms with van der Waals surface area (Å²) in [6.45, 7) is 16.4. The molecule has 19 heavy (non-hydrogen) atoms. The van der Waals surface area contributed by atoms with Gasteiger partial charge in [0.05, 0.1) is 0 Å². The molecule has 1 nitrogen and oxygen atoms in total. The fraction of sp³-hybridized carbons (Fsp3) is 0.714. The van der Waals surface area contributed by atoms with E-state index < -0.39 is 8.96 Å². The minimum absolute atomic E-state index is 0. The van der Waals surface area contributed by atoms with Crippen LogP contribution in [0, 0.1) is 0 Å². The Kier molecular flexibility index (Phi) is 12.6. The zero-order valence-electron chi connectivity index (χ0n) is 13.3. The van der Waals surface area contributed by atoms with Gasteiger partial charge in [-0.1, -0.05) is 25.6 Å². The normalized spacial score (nSPS) is 14.4. The average Bonchev–Trinajstić information content (AvgIpc) is 2.43. The Bertz CT molecular complexity index is 333. The first kappa shape index (κ1) is 24.8. The van der Waals surface area contributed by atoms with Crippen LogP contribution in [-0.2, 0) is 21.7 Å². The fourth-order valence-electron chi connectivity index (χ4n) is 2.86. The van der Waals surface area contributed by atoms with Crippen LogP contribution in [-0.4, -0.2) is 19.1 Å². The van der Waals surface area contributed by atoms with E-state index >= 15 is 0 Å². The molecule has 0 saturated heterocycles. The van der Waals surface area contributed by atoms with Crippen LogP contribution in [0.25, 0.3) is 0 Å². The van der Waals surface area contributed by atoms with Gasteiger partial charge in [0.15, 0.2) is 0 Å². The van der Waals surface area contributed by atoms with Crippen molar-refractivity contribution < 1.29 is 46.5 Å². The molecule has 0 aliphatic heterocycles. The van der Waals surface area contributed by atoms with Gasteiger partial charge in [0.2, 0.25) is 0 Å². The molecule has 0 saturated carbocycles. The Morgan fingerprint density at radius 3 is 1.95 bits per heavy atom. The fourth-order valence-corrected chi connectivity index (χ4v) is 5.23.